The highest BCUT2D eigenvalue weighted by Crippen LogP contribution is 2.32. The number of nitrogens with zero attached hydrogens (tertiary/aromatic N) is 6. The summed E-state index contributed by atoms with van der Waals surface area (Å²) in [6.45, 7) is 0.293. The lowest BCUT2D eigenvalue weighted by Gasteiger charge is -2.06. The van der Waals surface area contributed by atoms with Crippen LogP contribution in [0.2, 0.25) is 0 Å². The summed E-state index contributed by atoms with van der Waals surface area (Å²) in [4.78, 5) is 8.54. The van der Waals surface area contributed by atoms with Crippen LogP contribution in [0.5, 0.6) is 11.8 Å². The second kappa shape index (κ2) is 8.00. The van der Waals surface area contributed by atoms with E-state index in [0.717, 1.165) is 5.39 Å². The molecule has 4 aromatic rings. The van der Waals surface area contributed by atoms with Gasteiger partial charge in [0.1, 0.15) is 11.3 Å². The highest BCUT2D eigenvalue weighted by molar-refractivity contribution is 7.92. The first-order chi connectivity index (χ1) is 14.5. The van der Waals surface area contributed by atoms with Gasteiger partial charge >= 0.3 is 0 Å². The summed E-state index contributed by atoms with van der Waals surface area (Å²) < 4.78 is 33.9. The quantitative estimate of drug-likeness (QED) is 0.326. The summed E-state index contributed by atoms with van der Waals surface area (Å²) in [7, 11) is -0.948. The van der Waals surface area contributed by atoms with Crippen LogP contribution in [0, 0.1) is 11.5 Å². The molecular weight excluding hydrogens is 408 g/mol. The maximum atomic E-state index is 12.0. The molecule has 4 rings (SSSR count). The third kappa shape index (κ3) is 3.90. The van der Waals surface area contributed by atoms with Crippen molar-refractivity contribution >= 4 is 26.3 Å². The highest BCUT2D eigenvalue weighted by atomic mass is 32.2. The lowest BCUT2D eigenvalue weighted by molar-refractivity contribution is 0.301. The first-order valence-electron chi connectivity index (χ1n) is 8.99. The van der Waals surface area contributed by atoms with Gasteiger partial charge in [0.15, 0.2) is 11.4 Å². The molecule has 4 heterocycles. The van der Waals surface area contributed by atoms with Gasteiger partial charge in [-0.3, -0.25) is 0 Å². The van der Waals surface area contributed by atoms with Crippen LogP contribution < -0.4 is 9.47 Å². The number of hydrogen-bond donors (Lipinski definition) is 0. The fourth-order valence-electron chi connectivity index (χ4n) is 2.96. The lowest BCUT2D eigenvalue weighted by Crippen LogP contribution is -2.09. The number of pyridine rings is 1. The van der Waals surface area contributed by atoms with Crippen LogP contribution >= 0.6 is 0 Å². The molecule has 0 saturated carbocycles. The Morgan fingerprint density at radius 2 is 2.20 bits per heavy atom. The Balaban J connectivity index is 1.57. The number of furan rings is 1. The second-order valence-electron chi connectivity index (χ2n) is 6.48. The van der Waals surface area contributed by atoms with Crippen molar-refractivity contribution in [1.29, 1.82) is 5.26 Å². The molecule has 1 atom stereocenters. The van der Waals surface area contributed by atoms with Gasteiger partial charge < -0.3 is 13.9 Å². The molecule has 0 bridgehead atoms. The van der Waals surface area contributed by atoms with Gasteiger partial charge in [-0.05, 0) is 18.6 Å². The average Bonchev–Trinajstić information content (AvgIpc) is 3.34. The minimum absolute atomic E-state index is 0.272. The molecule has 0 aliphatic rings. The van der Waals surface area contributed by atoms with E-state index >= 15 is 0 Å². The number of imidazole rings is 1. The predicted molar refractivity (Wildman–Crippen MR) is 110 cm³/mol. The lowest BCUT2D eigenvalue weighted by atomic mass is 10.3. The molecule has 10 nitrogen and oxygen atoms in total. The van der Waals surface area contributed by atoms with Crippen molar-refractivity contribution in [2.24, 2.45) is 4.36 Å². The summed E-state index contributed by atoms with van der Waals surface area (Å²) >= 11 is 0. The fourth-order valence-corrected chi connectivity index (χ4v) is 3.88. The Kier molecular flexibility index (Phi) is 5.24. The van der Waals surface area contributed by atoms with E-state index in [9.17, 15) is 4.21 Å². The van der Waals surface area contributed by atoms with Crippen LogP contribution in [0.25, 0.3) is 28.1 Å². The average molecular weight is 426 g/mol. The maximum Gasteiger partial charge on any atom is 0.231 e. The standard InChI is InChI=1S/C19H18N6O4S/c1-27-19-13-10-16(29-15(13)6-7-21-19)14-11-22-17-4-5-18(24-25(14)17)28-8-3-9-30(2,26)23-12-20/h4-7,10-11H,3,8-9H2,1-2H3. The molecule has 0 saturated heterocycles. The number of methoxy groups -OCH3 is 1. The third-order valence-electron chi connectivity index (χ3n) is 4.34. The topological polar surface area (TPSA) is 128 Å². The van der Waals surface area contributed by atoms with Crippen LogP contribution in [-0.2, 0) is 9.73 Å². The van der Waals surface area contributed by atoms with Crippen molar-refractivity contribution in [3.63, 3.8) is 0 Å². The molecule has 0 amide bonds. The number of aromatic nitrogens is 4. The third-order valence-corrected chi connectivity index (χ3v) is 5.86. The van der Waals surface area contributed by atoms with Gasteiger partial charge in [-0.2, -0.15) is 5.26 Å². The smallest absolute Gasteiger partial charge is 0.231 e. The molecular formula is C19H18N6O4S. The zero-order chi connectivity index (χ0) is 21.1. The predicted octanol–water partition coefficient (Wildman–Crippen LogP) is 2.89. The molecule has 1 unspecified atom stereocenters. The largest absolute Gasteiger partial charge is 0.480 e. The second-order valence-corrected chi connectivity index (χ2v) is 8.99. The van der Waals surface area contributed by atoms with Crippen LogP contribution in [-0.4, -0.2) is 49.5 Å². The van der Waals surface area contributed by atoms with Crippen molar-refractivity contribution in [3.05, 3.63) is 36.7 Å². The molecule has 0 aliphatic heterocycles. The number of ether oxygens (including phenoxy) is 2. The number of hydrogen-bond acceptors (Lipinski definition) is 9. The Hall–Kier alpha value is -3.65. The number of rotatable bonds is 7. The van der Waals surface area contributed by atoms with E-state index in [-0.39, 0.29) is 5.75 Å². The first kappa shape index (κ1) is 19.7. The molecule has 30 heavy (non-hydrogen) atoms. The Morgan fingerprint density at radius 3 is 3.00 bits per heavy atom. The van der Waals surface area contributed by atoms with E-state index in [2.05, 4.69) is 19.4 Å². The van der Waals surface area contributed by atoms with E-state index in [1.54, 1.807) is 48.4 Å². The molecule has 0 radical (unpaired) electrons. The van der Waals surface area contributed by atoms with Crippen molar-refractivity contribution < 1.29 is 18.1 Å². The molecule has 0 N–H and O–H groups in total. The van der Waals surface area contributed by atoms with Crippen LogP contribution in [0.1, 0.15) is 6.42 Å². The molecule has 0 fully saturated rings. The maximum absolute atomic E-state index is 12.0. The van der Waals surface area contributed by atoms with Gasteiger partial charge in [-0.1, -0.05) is 0 Å². The van der Waals surface area contributed by atoms with Crippen LogP contribution in [0.3, 0.4) is 0 Å². The van der Waals surface area contributed by atoms with Crippen LogP contribution in [0.15, 0.2) is 45.4 Å². The minimum atomic E-state index is -2.50. The van der Waals surface area contributed by atoms with Gasteiger partial charge in [-0.25, -0.2) is 18.7 Å². The Bertz CT molecular complexity index is 1380. The van der Waals surface area contributed by atoms with Gasteiger partial charge in [0.05, 0.1) is 35.0 Å². The number of fused-ring (bicyclic) bond motifs is 2. The van der Waals surface area contributed by atoms with Gasteiger partial charge in [0.2, 0.25) is 18.0 Å². The van der Waals surface area contributed by atoms with E-state index in [1.165, 1.54) is 6.26 Å². The zero-order valence-electron chi connectivity index (χ0n) is 16.3. The van der Waals surface area contributed by atoms with Crippen molar-refractivity contribution in [3.8, 4) is 29.4 Å². The Morgan fingerprint density at radius 1 is 1.33 bits per heavy atom. The van der Waals surface area contributed by atoms with E-state index in [0.29, 0.717) is 47.5 Å². The molecule has 0 aliphatic carbocycles. The molecule has 11 heteroatoms. The number of nitriles is 1. The van der Waals surface area contributed by atoms with Gasteiger partial charge in [-0.15, -0.1) is 9.46 Å². The van der Waals surface area contributed by atoms with E-state index in [4.69, 9.17) is 19.2 Å². The van der Waals surface area contributed by atoms with Crippen LogP contribution in [0.4, 0.5) is 0 Å². The van der Waals surface area contributed by atoms with E-state index < -0.39 is 9.73 Å². The summed E-state index contributed by atoms with van der Waals surface area (Å²) in [5.74, 6) is 1.70. The summed E-state index contributed by atoms with van der Waals surface area (Å²) in [5.41, 5.74) is 1.93. The van der Waals surface area contributed by atoms with Crippen molar-refractivity contribution in [1.82, 2.24) is 19.6 Å². The molecule has 154 valence electrons. The fraction of sp³-hybridized carbons (Fsp3) is 0.263. The van der Waals surface area contributed by atoms with Gasteiger partial charge in [0.25, 0.3) is 0 Å². The SMILES string of the molecule is COc1nccc2oc(-c3cnc4ccc(OCCCS(C)(=O)=NC#N)nn34)cc12. The minimum Gasteiger partial charge on any atom is -0.480 e. The highest BCUT2D eigenvalue weighted by Gasteiger charge is 2.15. The molecule has 4 aromatic heterocycles. The molecule has 0 spiro atoms. The van der Waals surface area contributed by atoms with Crippen molar-refractivity contribution in [2.45, 2.75) is 6.42 Å². The van der Waals surface area contributed by atoms with E-state index in [1.807, 2.05) is 6.07 Å². The van der Waals surface area contributed by atoms with Crippen molar-refractivity contribution in [2.75, 3.05) is 25.7 Å². The summed E-state index contributed by atoms with van der Waals surface area (Å²) in [6, 6.07) is 7.08. The normalized spacial score (nSPS) is 13.1. The Labute approximate surface area is 172 Å². The first-order valence-corrected chi connectivity index (χ1v) is 11.1. The van der Waals surface area contributed by atoms with Gasteiger partial charge in [0, 0.05) is 30.3 Å². The summed E-state index contributed by atoms with van der Waals surface area (Å²) in [5, 5.41) is 13.8. The summed E-state index contributed by atoms with van der Waals surface area (Å²) in [6.07, 6.45) is 6.80. The zero-order valence-corrected chi connectivity index (χ0v) is 17.1. The molecule has 0 aromatic carbocycles. The monoisotopic (exact) mass is 426 g/mol.